The third kappa shape index (κ3) is 0.873. The van der Waals surface area contributed by atoms with Gasteiger partial charge in [-0.1, -0.05) is 18.2 Å². The van der Waals surface area contributed by atoms with E-state index in [2.05, 4.69) is 0 Å². The zero-order valence-electron chi connectivity index (χ0n) is 7.19. The number of aldehydes is 1. The van der Waals surface area contributed by atoms with Crippen molar-refractivity contribution in [1.29, 1.82) is 0 Å². The molecule has 14 heavy (non-hydrogen) atoms. The van der Waals surface area contributed by atoms with Crippen LogP contribution in [0.5, 0.6) is 0 Å². The van der Waals surface area contributed by atoms with E-state index in [4.69, 9.17) is 4.42 Å². The Labute approximate surface area is 83.8 Å². The number of fused-ring (bicyclic) bond motifs is 3. The van der Waals surface area contributed by atoms with E-state index < -0.39 is 0 Å². The van der Waals surface area contributed by atoms with Crippen molar-refractivity contribution in [1.82, 2.24) is 0 Å². The van der Waals surface area contributed by atoms with E-state index in [-0.39, 0.29) is 0 Å². The number of hydrogen-bond donors (Lipinski definition) is 0. The molecule has 2 nitrogen and oxygen atoms in total. The Morgan fingerprint density at radius 1 is 1.21 bits per heavy atom. The van der Waals surface area contributed by atoms with E-state index >= 15 is 0 Å². The summed E-state index contributed by atoms with van der Waals surface area (Å²) in [7, 11) is 0. The van der Waals surface area contributed by atoms with Crippen LogP contribution in [0.2, 0.25) is 0 Å². The highest BCUT2D eigenvalue weighted by Crippen LogP contribution is 2.34. The number of furan rings is 1. The fourth-order valence-electron chi connectivity index (χ4n) is 1.66. The average Bonchev–Trinajstić information content (AvgIpc) is 2.75. The van der Waals surface area contributed by atoms with Crippen LogP contribution in [0.25, 0.3) is 21.9 Å². The zero-order chi connectivity index (χ0) is 9.54. The molecule has 3 heteroatoms. The van der Waals surface area contributed by atoms with Gasteiger partial charge in [0.2, 0.25) is 0 Å². The maximum absolute atomic E-state index is 10.8. The van der Waals surface area contributed by atoms with Gasteiger partial charge in [0.05, 0.1) is 4.88 Å². The molecule has 1 aromatic carbocycles. The van der Waals surface area contributed by atoms with Gasteiger partial charge in [0, 0.05) is 16.2 Å². The molecule has 3 aromatic rings. The minimum atomic E-state index is 0.741. The van der Waals surface area contributed by atoms with Crippen LogP contribution in [0.4, 0.5) is 0 Å². The van der Waals surface area contributed by atoms with Crippen molar-refractivity contribution in [2.24, 2.45) is 0 Å². The first-order valence-corrected chi connectivity index (χ1v) is 5.12. The maximum atomic E-state index is 10.8. The van der Waals surface area contributed by atoms with E-state index in [1.165, 1.54) is 11.3 Å². The lowest BCUT2D eigenvalue weighted by atomic mass is 10.2. The summed E-state index contributed by atoms with van der Waals surface area (Å²) in [5.41, 5.74) is 1.65. The fraction of sp³-hybridized carbons (Fsp3) is 0. The topological polar surface area (TPSA) is 30.2 Å². The van der Waals surface area contributed by atoms with Crippen LogP contribution in [-0.4, -0.2) is 6.29 Å². The molecule has 2 heterocycles. The summed E-state index contributed by atoms with van der Waals surface area (Å²) < 4.78 is 5.59. The van der Waals surface area contributed by atoms with Gasteiger partial charge in [-0.3, -0.25) is 4.79 Å². The van der Waals surface area contributed by atoms with Gasteiger partial charge in [-0.05, 0) is 6.07 Å². The Bertz CT molecular complexity index is 618. The average molecular weight is 202 g/mol. The third-order valence-corrected chi connectivity index (χ3v) is 3.16. The van der Waals surface area contributed by atoms with Crippen LogP contribution in [0.1, 0.15) is 9.67 Å². The Balaban J connectivity index is 2.61. The quantitative estimate of drug-likeness (QED) is 0.565. The van der Waals surface area contributed by atoms with E-state index in [0.29, 0.717) is 0 Å². The summed E-state index contributed by atoms with van der Waals surface area (Å²) in [6.45, 7) is 0. The van der Waals surface area contributed by atoms with Crippen LogP contribution < -0.4 is 0 Å². The van der Waals surface area contributed by atoms with Crippen molar-refractivity contribution in [3.8, 4) is 0 Å². The van der Waals surface area contributed by atoms with E-state index in [9.17, 15) is 4.79 Å². The minimum Gasteiger partial charge on any atom is -0.455 e. The van der Waals surface area contributed by atoms with Gasteiger partial charge in [-0.15, -0.1) is 11.3 Å². The van der Waals surface area contributed by atoms with E-state index in [0.717, 1.165) is 33.1 Å². The van der Waals surface area contributed by atoms with Crippen LogP contribution in [0, 0.1) is 0 Å². The second-order valence-corrected chi connectivity index (χ2v) is 3.97. The number of carbonyl (C=O) groups excluding carboxylic acids is 1. The molecule has 0 aliphatic heterocycles. The summed E-state index contributed by atoms with van der Waals surface area (Å²) in [6.07, 6.45) is 0.884. The molecule has 0 radical (unpaired) electrons. The standard InChI is InChI=1S/C11H6O2S/c12-5-10-11-7-3-1-2-4-8(7)13-9(11)6-14-10/h1-6H. The fourth-order valence-corrected chi connectivity index (χ4v) is 2.45. The molecule has 0 saturated carbocycles. The van der Waals surface area contributed by atoms with Gasteiger partial charge in [-0.25, -0.2) is 0 Å². The molecule has 0 aliphatic rings. The highest BCUT2D eigenvalue weighted by atomic mass is 32.1. The molecule has 0 atom stereocenters. The first-order chi connectivity index (χ1) is 6.90. The Hall–Kier alpha value is -1.61. The number of thiophene rings is 1. The lowest BCUT2D eigenvalue weighted by Crippen LogP contribution is -1.70. The molecule has 0 saturated heterocycles. The second kappa shape index (κ2) is 2.69. The summed E-state index contributed by atoms with van der Waals surface area (Å²) in [4.78, 5) is 11.5. The third-order valence-electron chi connectivity index (χ3n) is 2.27. The maximum Gasteiger partial charge on any atom is 0.160 e. The van der Waals surface area contributed by atoms with Gasteiger partial charge in [-0.2, -0.15) is 0 Å². The molecule has 2 aromatic heterocycles. The minimum absolute atomic E-state index is 0.741. The normalized spacial score (nSPS) is 11.1. The van der Waals surface area contributed by atoms with Crippen molar-refractivity contribution in [3.05, 3.63) is 34.5 Å². The highest BCUT2D eigenvalue weighted by Gasteiger charge is 2.11. The van der Waals surface area contributed by atoms with Crippen molar-refractivity contribution < 1.29 is 9.21 Å². The number of benzene rings is 1. The molecular formula is C11H6O2S. The second-order valence-electron chi connectivity index (χ2n) is 3.06. The van der Waals surface area contributed by atoms with E-state index in [1.807, 2.05) is 29.6 Å². The first-order valence-electron chi connectivity index (χ1n) is 4.24. The molecule has 0 bridgehead atoms. The first kappa shape index (κ1) is 7.76. The van der Waals surface area contributed by atoms with Gasteiger partial charge in [0.1, 0.15) is 11.2 Å². The summed E-state index contributed by atoms with van der Waals surface area (Å²) in [5.74, 6) is 0. The number of carbonyl (C=O) groups is 1. The zero-order valence-corrected chi connectivity index (χ0v) is 8.01. The SMILES string of the molecule is O=Cc1scc2oc3ccccc3c12. The Morgan fingerprint density at radius 3 is 2.93 bits per heavy atom. The molecule has 68 valence electrons. The van der Waals surface area contributed by atoms with Crippen molar-refractivity contribution >= 4 is 39.6 Å². The number of hydrogen-bond acceptors (Lipinski definition) is 3. The van der Waals surface area contributed by atoms with Crippen molar-refractivity contribution in [2.45, 2.75) is 0 Å². The van der Waals surface area contributed by atoms with Gasteiger partial charge >= 0.3 is 0 Å². The van der Waals surface area contributed by atoms with Crippen LogP contribution in [0.15, 0.2) is 34.1 Å². The van der Waals surface area contributed by atoms with Crippen molar-refractivity contribution in [2.75, 3.05) is 0 Å². The molecule has 0 unspecified atom stereocenters. The van der Waals surface area contributed by atoms with Crippen LogP contribution in [-0.2, 0) is 0 Å². The van der Waals surface area contributed by atoms with E-state index in [1.54, 1.807) is 0 Å². The Morgan fingerprint density at radius 2 is 2.07 bits per heavy atom. The smallest absolute Gasteiger partial charge is 0.160 e. The summed E-state index contributed by atoms with van der Waals surface area (Å²) in [5, 5.41) is 3.84. The lowest BCUT2D eigenvalue weighted by molar-refractivity contribution is 0.112. The largest absolute Gasteiger partial charge is 0.455 e. The predicted octanol–water partition coefficient (Wildman–Crippen LogP) is 3.46. The molecule has 0 fully saturated rings. The van der Waals surface area contributed by atoms with Gasteiger partial charge in [0.15, 0.2) is 6.29 Å². The highest BCUT2D eigenvalue weighted by molar-refractivity contribution is 7.13. The summed E-state index contributed by atoms with van der Waals surface area (Å²) in [6, 6.07) is 7.76. The number of para-hydroxylation sites is 1. The van der Waals surface area contributed by atoms with Crippen molar-refractivity contribution in [3.63, 3.8) is 0 Å². The monoisotopic (exact) mass is 202 g/mol. The summed E-state index contributed by atoms with van der Waals surface area (Å²) >= 11 is 1.42. The lowest BCUT2D eigenvalue weighted by Gasteiger charge is -1.86. The van der Waals surface area contributed by atoms with Crippen LogP contribution >= 0.6 is 11.3 Å². The van der Waals surface area contributed by atoms with Gasteiger partial charge < -0.3 is 4.42 Å². The molecule has 0 amide bonds. The molecule has 3 rings (SSSR count). The molecule has 0 aliphatic carbocycles. The molecule has 0 N–H and O–H groups in total. The van der Waals surface area contributed by atoms with Gasteiger partial charge in [0.25, 0.3) is 0 Å². The molecular weight excluding hydrogens is 196 g/mol. The Kier molecular flexibility index (Phi) is 1.49. The number of rotatable bonds is 1. The molecule has 0 spiro atoms. The predicted molar refractivity (Wildman–Crippen MR) is 57.0 cm³/mol. The van der Waals surface area contributed by atoms with Crippen LogP contribution in [0.3, 0.4) is 0 Å².